The summed E-state index contributed by atoms with van der Waals surface area (Å²) in [6.45, 7) is 6.66. The molecule has 206 valence electrons. The van der Waals surface area contributed by atoms with E-state index in [2.05, 4.69) is 22.5 Å². The Morgan fingerprint density at radius 3 is 2.42 bits per heavy atom. The molecule has 0 saturated heterocycles. The van der Waals surface area contributed by atoms with Crippen LogP contribution in [0, 0.1) is 5.82 Å². The van der Waals surface area contributed by atoms with Crippen LogP contribution in [-0.4, -0.2) is 30.9 Å². The third kappa shape index (κ3) is 5.24. The molecule has 2 amide bonds. The van der Waals surface area contributed by atoms with Gasteiger partial charge in [0.1, 0.15) is 17.2 Å². The summed E-state index contributed by atoms with van der Waals surface area (Å²) < 4.78 is 19.8. The van der Waals surface area contributed by atoms with E-state index in [9.17, 15) is 14.0 Å². The fourth-order valence-corrected chi connectivity index (χ4v) is 5.56. The van der Waals surface area contributed by atoms with Crippen LogP contribution >= 0.6 is 0 Å². The Balaban J connectivity index is 1.61. The van der Waals surface area contributed by atoms with Gasteiger partial charge < -0.3 is 20.4 Å². The van der Waals surface area contributed by atoms with E-state index in [4.69, 9.17) is 4.42 Å². The number of halogens is 1. The van der Waals surface area contributed by atoms with Crippen LogP contribution in [0.2, 0.25) is 0 Å². The quantitative estimate of drug-likeness (QED) is 0.205. The lowest BCUT2D eigenvalue weighted by atomic mass is 9.81. The van der Waals surface area contributed by atoms with Crippen LogP contribution in [0.3, 0.4) is 0 Å². The average molecular weight is 540 g/mol. The Morgan fingerprint density at radius 2 is 1.75 bits per heavy atom. The van der Waals surface area contributed by atoms with Gasteiger partial charge in [-0.25, -0.2) is 4.39 Å². The van der Waals surface area contributed by atoms with Crippen molar-refractivity contribution in [2.75, 3.05) is 18.9 Å². The second kappa shape index (κ2) is 11.4. The molecule has 6 nitrogen and oxygen atoms in total. The molecule has 1 aliphatic rings. The number of fused-ring (bicyclic) bond motifs is 1. The number of carbonyl (C=O) groups is 2. The minimum Gasteiger partial charge on any atom is -0.455 e. The Bertz CT molecular complexity index is 1570. The molecule has 1 fully saturated rings. The van der Waals surface area contributed by atoms with Crippen molar-refractivity contribution >= 4 is 28.5 Å². The maximum Gasteiger partial charge on any atom is 0.255 e. The molecule has 40 heavy (non-hydrogen) atoms. The summed E-state index contributed by atoms with van der Waals surface area (Å²) in [5.41, 5.74) is 4.13. The van der Waals surface area contributed by atoms with Crippen molar-refractivity contribution in [1.82, 2.24) is 10.6 Å². The van der Waals surface area contributed by atoms with Crippen molar-refractivity contribution in [2.45, 2.75) is 44.6 Å². The van der Waals surface area contributed by atoms with E-state index in [1.54, 1.807) is 19.2 Å². The van der Waals surface area contributed by atoms with E-state index < -0.39 is 0 Å². The number of hydrogen-bond acceptors (Lipinski definition) is 4. The third-order valence-electron chi connectivity index (χ3n) is 7.69. The standard InChI is InChI=1S/C33H34FN3O3/c1-4-33(16-7-6-8-17-33)37-31(38)23-11-9-10-22(18-23)25-19-26-28(20-27(25)36-5-2)40-30(29(26)32(39)35-3)21-12-14-24(34)15-13-21/h4,9-15,18-20,36H,1,5-8,16-17H2,2-3H3,(H,35,39)(H,37,38). The summed E-state index contributed by atoms with van der Waals surface area (Å²) in [5, 5.41) is 9.95. The number of nitrogens with one attached hydrogen (secondary N) is 3. The highest BCUT2D eigenvalue weighted by atomic mass is 19.1. The van der Waals surface area contributed by atoms with Gasteiger partial charge in [0.05, 0.1) is 11.1 Å². The van der Waals surface area contributed by atoms with Gasteiger partial charge in [0.15, 0.2) is 0 Å². The monoisotopic (exact) mass is 539 g/mol. The Morgan fingerprint density at radius 1 is 1.00 bits per heavy atom. The smallest absolute Gasteiger partial charge is 0.255 e. The first-order valence-electron chi connectivity index (χ1n) is 13.8. The van der Waals surface area contributed by atoms with Crippen molar-refractivity contribution in [3.8, 4) is 22.5 Å². The summed E-state index contributed by atoms with van der Waals surface area (Å²) >= 11 is 0. The highest BCUT2D eigenvalue weighted by Gasteiger charge is 2.31. The molecule has 0 unspecified atom stereocenters. The van der Waals surface area contributed by atoms with Gasteiger partial charge in [0, 0.05) is 47.4 Å². The van der Waals surface area contributed by atoms with E-state index in [1.165, 1.54) is 18.6 Å². The number of amides is 2. The predicted molar refractivity (Wildman–Crippen MR) is 158 cm³/mol. The van der Waals surface area contributed by atoms with Crippen LogP contribution < -0.4 is 16.0 Å². The van der Waals surface area contributed by atoms with Crippen LogP contribution in [0.4, 0.5) is 10.1 Å². The third-order valence-corrected chi connectivity index (χ3v) is 7.69. The summed E-state index contributed by atoms with van der Waals surface area (Å²) in [4.78, 5) is 26.5. The van der Waals surface area contributed by atoms with Gasteiger partial charge in [0.25, 0.3) is 11.8 Å². The van der Waals surface area contributed by atoms with Crippen LogP contribution in [0.5, 0.6) is 0 Å². The van der Waals surface area contributed by atoms with Gasteiger partial charge in [-0.1, -0.05) is 37.5 Å². The van der Waals surface area contributed by atoms with Crippen LogP contribution in [0.25, 0.3) is 33.4 Å². The Kier molecular flexibility index (Phi) is 7.74. The molecule has 3 aromatic carbocycles. The summed E-state index contributed by atoms with van der Waals surface area (Å²) in [6.07, 6.45) is 6.96. The van der Waals surface area contributed by atoms with Gasteiger partial charge in [-0.05, 0) is 67.8 Å². The van der Waals surface area contributed by atoms with Gasteiger partial charge in [-0.2, -0.15) is 0 Å². The van der Waals surface area contributed by atoms with E-state index in [-0.39, 0.29) is 23.2 Å². The first kappa shape index (κ1) is 27.2. The molecule has 1 saturated carbocycles. The highest BCUT2D eigenvalue weighted by Crippen LogP contribution is 2.40. The molecule has 0 bridgehead atoms. The second-order valence-corrected chi connectivity index (χ2v) is 10.3. The molecular weight excluding hydrogens is 505 g/mol. The molecule has 0 atom stereocenters. The minimum atomic E-state index is -0.380. The maximum atomic E-state index is 13.6. The fourth-order valence-electron chi connectivity index (χ4n) is 5.56. The first-order chi connectivity index (χ1) is 19.4. The van der Waals surface area contributed by atoms with E-state index >= 15 is 0 Å². The summed E-state index contributed by atoms with van der Waals surface area (Å²) in [7, 11) is 1.56. The zero-order valence-corrected chi connectivity index (χ0v) is 22.9. The molecule has 5 rings (SSSR count). The highest BCUT2D eigenvalue weighted by molar-refractivity contribution is 6.13. The molecule has 1 aromatic heterocycles. The molecule has 1 aliphatic carbocycles. The first-order valence-corrected chi connectivity index (χ1v) is 13.8. The van der Waals surface area contributed by atoms with Crippen LogP contribution in [0.1, 0.15) is 59.7 Å². The second-order valence-electron chi connectivity index (χ2n) is 10.3. The summed E-state index contributed by atoms with van der Waals surface area (Å²) in [6, 6.07) is 17.1. The fraction of sp³-hybridized carbons (Fsp3) is 0.273. The molecule has 0 radical (unpaired) electrons. The molecule has 1 heterocycles. The minimum absolute atomic E-state index is 0.136. The van der Waals surface area contributed by atoms with Gasteiger partial charge in [-0.3, -0.25) is 9.59 Å². The Hall–Kier alpha value is -4.39. The summed E-state index contributed by atoms with van der Waals surface area (Å²) in [5.74, 6) is -0.452. The number of furan rings is 1. The van der Waals surface area contributed by atoms with E-state index in [0.29, 0.717) is 40.0 Å². The molecule has 7 heteroatoms. The van der Waals surface area contributed by atoms with Gasteiger partial charge >= 0.3 is 0 Å². The van der Waals surface area contributed by atoms with Crippen molar-refractivity contribution in [3.63, 3.8) is 0 Å². The number of benzene rings is 3. The normalized spacial score (nSPS) is 14.5. The lowest BCUT2D eigenvalue weighted by molar-refractivity contribution is 0.0898. The largest absolute Gasteiger partial charge is 0.455 e. The number of carbonyl (C=O) groups excluding carboxylic acids is 2. The zero-order valence-electron chi connectivity index (χ0n) is 22.9. The molecule has 3 N–H and O–H groups in total. The lowest BCUT2D eigenvalue weighted by Crippen LogP contribution is -2.48. The molecule has 4 aromatic rings. The van der Waals surface area contributed by atoms with Crippen molar-refractivity contribution in [3.05, 3.63) is 90.3 Å². The Labute approximate surface area is 233 Å². The van der Waals surface area contributed by atoms with Crippen molar-refractivity contribution < 1.29 is 18.4 Å². The van der Waals surface area contributed by atoms with Gasteiger partial charge in [0.2, 0.25) is 0 Å². The number of hydrogen-bond donors (Lipinski definition) is 3. The zero-order chi connectivity index (χ0) is 28.3. The van der Waals surface area contributed by atoms with Gasteiger partial charge in [-0.15, -0.1) is 6.58 Å². The van der Waals surface area contributed by atoms with E-state index in [0.717, 1.165) is 42.5 Å². The van der Waals surface area contributed by atoms with Crippen molar-refractivity contribution in [1.29, 1.82) is 0 Å². The number of rotatable bonds is 8. The molecular formula is C33H34FN3O3. The van der Waals surface area contributed by atoms with Crippen LogP contribution in [0.15, 0.2) is 77.7 Å². The van der Waals surface area contributed by atoms with E-state index in [1.807, 2.05) is 49.4 Å². The maximum absolute atomic E-state index is 13.6. The molecule has 0 spiro atoms. The van der Waals surface area contributed by atoms with Crippen LogP contribution in [-0.2, 0) is 0 Å². The average Bonchev–Trinajstić information content (AvgIpc) is 3.35. The topological polar surface area (TPSA) is 83.4 Å². The predicted octanol–water partition coefficient (Wildman–Crippen LogP) is 7.32. The van der Waals surface area contributed by atoms with Crippen molar-refractivity contribution in [2.24, 2.45) is 0 Å². The molecule has 0 aliphatic heterocycles. The number of anilines is 1. The lowest BCUT2D eigenvalue weighted by Gasteiger charge is -2.35. The SMILES string of the molecule is C=CC1(NC(=O)c2cccc(-c3cc4c(C(=O)NC)c(-c5ccc(F)cc5)oc4cc3NCC)c2)CCCCC1.